The first kappa shape index (κ1) is 10.5. The Morgan fingerprint density at radius 2 is 1.93 bits per heavy atom. The van der Waals surface area contributed by atoms with E-state index in [1.54, 1.807) is 19.9 Å². The van der Waals surface area contributed by atoms with E-state index in [0.29, 0.717) is 5.56 Å². The number of carbonyl (C=O) groups is 1. The summed E-state index contributed by atoms with van der Waals surface area (Å²) in [6.45, 7) is 3.47. The molecular formula is C10H12O4. The number of hydrogen-bond acceptors (Lipinski definition) is 3. The molecule has 0 saturated heterocycles. The van der Waals surface area contributed by atoms with Crippen LogP contribution in [0.3, 0.4) is 0 Å². The Hall–Kier alpha value is -1.55. The molecule has 0 spiro atoms. The number of rotatable bonds is 2. The number of aromatic hydroxyl groups is 1. The largest absolute Gasteiger partial charge is 0.507 e. The van der Waals surface area contributed by atoms with Gasteiger partial charge in [0.2, 0.25) is 0 Å². The lowest BCUT2D eigenvalue weighted by Crippen LogP contribution is -2.11. The van der Waals surface area contributed by atoms with Crippen LogP contribution < -0.4 is 0 Å². The molecule has 76 valence electrons. The number of phenols is 1. The molecule has 0 amide bonds. The summed E-state index contributed by atoms with van der Waals surface area (Å²) in [6, 6.07) is 3.08. The van der Waals surface area contributed by atoms with Crippen molar-refractivity contribution in [2.75, 3.05) is 0 Å². The average Bonchev–Trinajstić information content (AvgIpc) is 2.13. The fourth-order valence-electron chi connectivity index (χ4n) is 1.18. The van der Waals surface area contributed by atoms with Gasteiger partial charge in [0.05, 0.1) is 0 Å². The highest BCUT2D eigenvalue weighted by Gasteiger charge is 2.20. The van der Waals surface area contributed by atoms with Crippen molar-refractivity contribution in [2.24, 2.45) is 0 Å². The Morgan fingerprint density at radius 1 is 1.36 bits per heavy atom. The molecule has 4 nitrogen and oxygen atoms in total. The van der Waals surface area contributed by atoms with Crippen LogP contribution in [0.25, 0.3) is 0 Å². The summed E-state index contributed by atoms with van der Waals surface area (Å²) in [5, 5.41) is 27.4. The molecule has 1 unspecified atom stereocenters. The topological polar surface area (TPSA) is 77.8 Å². The summed E-state index contributed by atoms with van der Waals surface area (Å²) in [5.41, 5.74) is 1.47. The number of aryl methyl sites for hydroxylation is 1. The lowest BCUT2D eigenvalue weighted by atomic mass is 10.0. The van der Waals surface area contributed by atoms with E-state index in [1.165, 1.54) is 6.07 Å². The van der Waals surface area contributed by atoms with E-state index in [0.717, 1.165) is 5.56 Å². The van der Waals surface area contributed by atoms with Crippen molar-refractivity contribution in [2.45, 2.75) is 20.0 Å². The van der Waals surface area contributed by atoms with Crippen LogP contribution in [0.5, 0.6) is 5.75 Å². The van der Waals surface area contributed by atoms with Crippen LogP contribution >= 0.6 is 0 Å². The lowest BCUT2D eigenvalue weighted by Gasteiger charge is -2.11. The Balaban J connectivity index is 3.24. The molecule has 0 radical (unpaired) electrons. The predicted molar refractivity (Wildman–Crippen MR) is 50.2 cm³/mol. The molecule has 1 aromatic carbocycles. The highest BCUT2D eigenvalue weighted by Crippen LogP contribution is 2.29. The molecule has 0 aliphatic rings. The molecule has 0 saturated carbocycles. The SMILES string of the molecule is Cc1ccc(C(O)C(=O)O)c(O)c1C. The van der Waals surface area contributed by atoms with E-state index in [9.17, 15) is 15.0 Å². The fourth-order valence-corrected chi connectivity index (χ4v) is 1.18. The van der Waals surface area contributed by atoms with Gasteiger partial charge < -0.3 is 15.3 Å². The van der Waals surface area contributed by atoms with E-state index >= 15 is 0 Å². The third-order valence-corrected chi connectivity index (χ3v) is 2.26. The minimum absolute atomic E-state index is 0.0283. The zero-order valence-corrected chi connectivity index (χ0v) is 7.98. The molecule has 0 heterocycles. The first-order valence-electron chi connectivity index (χ1n) is 4.15. The van der Waals surface area contributed by atoms with Crippen molar-refractivity contribution >= 4 is 5.97 Å². The normalized spacial score (nSPS) is 12.5. The van der Waals surface area contributed by atoms with E-state index < -0.39 is 12.1 Å². The second kappa shape index (κ2) is 3.67. The predicted octanol–water partition coefficient (Wildman–Crippen LogP) is 1.13. The van der Waals surface area contributed by atoms with Gasteiger partial charge in [-0.1, -0.05) is 12.1 Å². The molecule has 1 atom stereocenters. The van der Waals surface area contributed by atoms with Gasteiger partial charge in [-0.25, -0.2) is 4.79 Å². The number of hydrogen-bond donors (Lipinski definition) is 3. The van der Waals surface area contributed by atoms with Crippen LogP contribution in [0.15, 0.2) is 12.1 Å². The van der Waals surface area contributed by atoms with E-state index in [4.69, 9.17) is 5.11 Å². The van der Waals surface area contributed by atoms with Gasteiger partial charge >= 0.3 is 5.97 Å². The smallest absolute Gasteiger partial charge is 0.337 e. The van der Waals surface area contributed by atoms with Gasteiger partial charge in [-0.05, 0) is 25.0 Å². The molecule has 0 bridgehead atoms. The minimum atomic E-state index is -1.67. The van der Waals surface area contributed by atoms with Crippen LogP contribution in [0.1, 0.15) is 22.8 Å². The highest BCUT2D eigenvalue weighted by molar-refractivity contribution is 5.75. The van der Waals surface area contributed by atoms with Crippen molar-refractivity contribution in [1.29, 1.82) is 0 Å². The van der Waals surface area contributed by atoms with Crippen LogP contribution in [-0.4, -0.2) is 21.3 Å². The molecule has 4 heteroatoms. The maximum Gasteiger partial charge on any atom is 0.337 e. The number of carboxylic acid groups (broad SMARTS) is 1. The highest BCUT2D eigenvalue weighted by atomic mass is 16.4. The third-order valence-electron chi connectivity index (χ3n) is 2.26. The van der Waals surface area contributed by atoms with Crippen LogP contribution in [0, 0.1) is 13.8 Å². The zero-order chi connectivity index (χ0) is 10.9. The van der Waals surface area contributed by atoms with Gasteiger partial charge in [0.1, 0.15) is 5.75 Å². The minimum Gasteiger partial charge on any atom is -0.507 e. The maximum absolute atomic E-state index is 10.5. The Morgan fingerprint density at radius 3 is 2.43 bits per heavy atom. The van der Waals surface area contributed by atoms with Gasteiger partial charge in [0.25, 0.3) is 0 Å². The molecule has 0 fully saturated rings. The fraction of sp³-hybridized carbons (Fsp3) is 0.300. The van der Waals surface area contributed by atoms with Gasteiger partial charge in [-0.3, -0.25) is 0 Å². The Labute approximate surface area is 81.4 Å². The molecule has 0 aliphatic heterocycles. The van der Waals surface area contributed by atoms with Gasteiger partial charge in [-0.2, -0.15) is 0 Å². The standard InChI is InChI=1S/C10H12O4/c1-5-3-4-7(8(11)6(5)2)9(12)10(13)14/h3-4,9,11-12H,1-2H3,(H,13,14). The van der Waals surface area contributed by atoms with E-state index in [2.05, 4.69) is 0 Å². The summed E-state index contributed by atoms with van der Waals surface area (Å²) in [5.74, 6) is -1.52. The number of benzene rings is 1. The second-order valence-corrected chi connectivity index (χ2v) is 3.19. The quantitative estimate of drug-likeness (QED) is 0.662. The van der Waals surface area contributed by atoms with Crippen LogP contribution in [0.2, 0.25) is 0 Å². The lowest BCUT2D eigenvalue weighted by molar-refractivity contribution is -0.147. The first-order chi connectivity index (χ1) is 6.45. The maximum atomic E-state index is 10.5. The second-order valence-electron chi connectivity index (χ2n) is 3.19. The van der Waals surface area contributed by atoms with Crippen molar-refractivity contribution < 1.29 is 20.1 Å². The molecule has 0 aliphatic carbocycles. The molecule has 1 rings (SSSR count). The number of aliphatic hydroxyl groups is 1. The molecule has 14 heavy (non-hydrogen) atoms. The third kappa shape index (κ3) is 1.70. The van der Waals surface area contributed by atoms with Crippen molar-refractivity contribution in [3.05, 3.63) is 28.8 Å². The van der Waals surface area contributed by atoms with Gasteiger partial charge in [0, 0.05) is 5.56 Å². The number of phenolic OH excluding ortho intramolecular Hbond substituents is 1. The molecular weight excluding hydrogens is 184 g/mol. The molecule has 3 N–H and O–H groups in total. The summed E-state index contributed by atoms with van der Waals surface area (Å²) in [7, 11) is 0. The van der Waals surface area contributed by atoms with Gasteiger partial charge in [0.15, 0.2) is 6.10 Å². The average molecular weight is 196 g/mol. The summed E-state index contributed by atoms with van der Waals surface area (Å²) >= 11 is 0. The number of aliphatic hydroxyl groups excluding tert-OH is 1. The van der Waals surface area contributed by atoms with Crippen molar-refractivity contribution in [1.82, 2.24) is 0 Å². The summed E-state index contributed by atoms with van der Waals surface area (Å²) < 4.78 is 0. The van der Waals surface area contributed by atoms with E-state index in [-0.39, 0.29) is 11.3 Å². The molecule has 0 aromatic heterocycles. The summed E-state index contributed by atoms with van der Waals surface area (Å²) in [6.07, 6.45) is -1.67. The first-order valence-corrected chi connectivity index (χ1v) is 4.15. The van der Waals surface area contributed by atoms with Gasteiger partial charge in [-0.15, -0.1) is 0 Å². The zero-order valence-electron chi connectivity index (χ0n) is 7.98. The number of carboxylic acids is 1. The van der Waals surface area contributed by atoms with Crippen LogP contribution in [-0.2, 0) is 4.79 Å². The Bertz CT molecular complexity index is 371. The van der Waals surface area contributed by atoms with Crippen LogP contribution in [0.4, 0.5) is 0 Å². The summed E-state index contributed by atoms with van der Waals surface area (Å²) in [4.78, 5) is 10.5. The Kier molecular flexibility index (Phi) is 2.76. The van der Waals surface area contributed by atoms with E-state index in [1.807, 2.05) is 0 Å². The molecule has 1 aromatic rings. The van der Waals surface area contributed by atoms with Crippen molar-refractivity contribution in [3.63, 3.8) is 0 Å². The number of aliphatic carboxylic acids is 1. The van der Waals surface area contributed by atoms with Crippen molar-refractivity contribution in [3.8, 4) is 5.75 Å². The monoisotopic (exact) mass is 196 g/mol.